The van der Waals surface area contributed by atoms with Gasteiger partial charge < -0.3 is 10.6 Å². The van der Waals surface area contributed by atoms with Crippen molar-refractivity contribution in [2.75, 3.05) is 20.1 Å². The van der Waals surface area contributed by atoms with Gasteiger partial charge in [0, 0.05) is 12.5 Å². The molecule has 1 aliphatic heterocycles. The highest BCUT2D eigenvalue weighted by molar-refractivity contribution is 7.89. The number of hydrogen-bond acceptors (Lipinski definition) is 4. The molecule has 5 nitrogen and oxygen atoms in total. The molecule has 2 rings (SSSR count). The molecule has 0 aromatic heterocycles. The average Bonchev–Trinajstić information content (AvgIpc) is 2.41. The van der Waals surface area contributed by atoms with Gasteiger partial charge in [0.1, 0.15) is 0 Å². The quantitative estimate of drug-likeness (QED) is 0.786. The van der Waals surface area contributed by atoms with E-state index < -0.39 is 10.0 Å². The van der Waals surface area contributed by atoms with E-state index in [1.165, 1.54) is 0 Å². The monoisotopic (exact) mass is 327 g/mol. The van der Waals surface area contributed by atoms with Gasteiger partial charge in [-0.2, -0.15) is 0 Å². The average molecular weight is 327 g/mol. The molecule has 1 saturated heterocycles. The summed E-state index contributed by atoms with van der Waals surface area (Å²) < 4.78 is 27.5. The molecule has 0 spiro atoms. The van der Waals surface area contributed by atoms with Crippen LogP contribution < -0.4 is 10.5 Å². The third-order valence-corrected chi connectivity index (χ3v) is 5.33. The lowest BCUT2D eigenvalue weighted by Gasteiger charge is -2.29. The van der Waals surface area contributed by atoms with Crippen molar-refractivity contribution >= 4 is 27.2 Å². The number of piperidine rings is 1. The van der Waals surface area contributed by atoms with Crippen LogP contribution in [0.25, 0.3) is 0 Å². The lowest BCUT2D eigenvalue weighted by molar-refractivity contribution is 0.248. The Morgan fingerprint density at radius 3 is 2.43 bits per heavy atom. The van der Waals surface area contributed by atoms with Crippen LogP contribution in [0.15, 0.2) is 29.2 Å². The highest BCUT2D eigenvalue weighted by Crippen LogP contribution is 2.15. The second-order valence-corrected chi connectivity index (χ2v) is 7.72. The van der Waals surface area contributed by atoms with Crippen LogP contribution in [0.5, 0.6) is 0 Å². The Bertz CT molecular complexity index is 591. The molecule has 7 heteroatoms. The summed E-state index contributed by atoms with van der Waals surface area (Å²) in [6.07, 6.45) is 2.17. The van der Waals surface area contributed by atoms with Gasteiger partial charge in [0.2, 0.25) is 10.0 Å². The Kier molecular flexibility index (Phi) is 5.32. The molecule has 116 valence electrons. The summed E-state index contributed by atoms with van der Waals surface area (Å²) in [5.41, 5.74) is 6.40. The Balaban J connectivity index is 2.03. The number of rotatable bonds is 5. The van der Waals surface area contributed by atoms with E-state index in [1.807, 2.05) is 7.05 Å². The van der Waals surface area contributed by atoms with Crippen LogP contribution in [0.1, 0.15) is 18.4 Å². The number of likely N-dealkylation sites (tertiary alicyclic amines) is 1. The summed E-state index contributed by atoms with van der Waals surface area (Å²) in [5.74, 6) is 0. The number of hydrogen-bond donors (Lipinski definition) is 2. The molecule has 0 unspecified atom stereocenters. The van der Waals surface area contributed by atoms with E-state index in [-0.39, 0.29) is 10.9 Å². The molecule has 21 heavy (non-hydrogen) atoms. The molecule has 0 bridgehead atoms. The summed E-state index contributed by atoms with van der Waals surface area (Å²) in [6, 6.07) is 6.73. The number of nitrogens with two attached hydrogens (primary N) is 1. The Hall–Kier alpha value is -1.02. The SMILES string of the molecule is CN1CCC(NS(=O)(=O)c2ccc(CC(N)=S)cc2)CC1. The number of nitrogens with one attached hydrogen (secondary N) is 1. The Morgan fingerprint density at radius 1 is 1.33 bits per heavy atom. The van der Waals surface area contributed by atoms with Crippen molar-refractivity contribution in [3.63, 3.8) is 0 Å². The highest BCUT2D eigenvalue weighted by Gasteiger charge is 2.23. The van der Waals surface area contributed by atoms with Crippen molar-refractivity contribution in [3.05, 3.63) is 29.8 Å². The zero-order chi connectivity index (χ0) is 15.5. The van der Waals surface area contributed by atoms with Crippen molar-refractivity contribution in [2.24, 2.45) is 5.73 Å². The summed E-state index contributed by atoms with van der Waals surface area (Å²) in [6.45, 7) is 1.83. The molecule has 0 saturated carbocycles. The number of sulfonamides is 1. The van der Waals surface area contributed by atoms with Crippen LogP contribution in [0.2, 0.25) is 0 Å². The van der Waals surface area contributed by atoms with Gasteiger partial charge in [0.25, 0.3) is 0 Å². The van der Waals surface area contributed by atoms with Crippen LogP contribution in [0.4, 0.5) is 0 Å². The van der Waals surface area contributed by atoms with E-state index in [9.17, 15) is 8.42 Å². The first kappa shape index (κ1) is 16.4. The van der Waals surface area contributed by atoms with Crippen LogP contribution in [-0.2, 0) is 16.4 Å². The Labute approximate surface area is 131 Å². The summed E-state index contributed by atoms with van der Waals surface area (Å²) in [4.78, 5) is 2.89. The minimum absolute atomic E-state index is 0.0162. The Morgan fingerprint density at radius 2 is 1.90 bits per heavy atom. The molecule has 0 radical (unpaired) electrons. The van der Waals surface area contributed by atoms with E-state index in [4.69, 9.17) is 18.0 Å². The standard InChI is InChI=1S/C14H21N3O2S2/c1-17-8-6-12(7-9-17)16-21(18,19)13-4-2-11(3-5-13)10-14(15)20/h2-5,12,16H,6-10H2,1H3,(H2,15,20). The number of thiocarbonyl (C=S) groups is 1. The van der Waals surface area contributed by atoms with Crippen molar-refractivity contribution in [1.29, 1.82) is 0 Å². The van der Waals surface area contributed by atoms with Gasteiger partial charge in [-0.1, -0.05) is 24.4 Å². The predicted octanol–water partition coefficient (Wildman–Crippen LogP) is 0.888. The zero-order valence-electron chi connectivity index (χ0n) is 12.1. The molecule has 3 N–H and O–H groups in total. The third-order valence-electron chi connectivity index (χ3n) is 3.65. The van der Waals surface area contributed by atoms with E-state index in [0.717, 1.165) is 31.5 Å². The van der Waals surface area contributed by atoms with E-state index in [2.05, 4.69) is 9.62 Å². The largest absolute Gasteiger partial charge is 0.393 e. The van der Waals surface area contributed by atoms with Gasteiger partial charge in [-0.25, -0.2) is 13.1 Å². The molecule has 1 aliphatic rings. The summed E-state index contributed by atoms with van der Waals surface area (Å²) >= 11 is 4.84. The molecular formula is C14H21N3O2S2. The normalized spacial score (nSPS) is 17.8. The van der Waals surface area contributed by atoms with Crippen molar-refractivity contribution in [1.82, 2.24) is 9.62 Å². The fourth-order valence-corrected chi connectivity index (χ4v) is 3.87. The van der Waals surface area contributed by atoms with Crippen molar-refractivity contribution in [2.45, 2.75) is 30.2 Å². The molecule has 0 aliphatic carbocycles. The van der Waals surface area contributed by atoms with Gasteiger partial charge in [-0.15, -0.1) is 0 Å². The minimum atomic E-state index is -3.46. The molecule has 0 amide bonds. The van der Waals surface area contributed by atoms with E-state index >= 15 is 0 Å². The molecule has 1 aromatic rings. The van der Waals surface area contributed by atoms with Crippen molar-refractivity contribution < 1.29 is 8.42 Å². The van der Waals surface area contributed by atoms with Gasteiger partial charge in [-0.3, -0.25) is 0 Å². The van der Waals surface area contributed by atoms with Crippen LogP contribution >= 0.6 is 12.2 Å². The molecule has 0 atom stereocenters. The topological polar surface area (TPSA) is 75.4 Å². The van der Waals surface area contributed by atoms with Crippen LogP contribution in [-0.4, -0.2) is 44.5 Å². The fraction of sp³-hybridized carbons (Fsp3) is 0.500. The minimum Gasteiger partial charge on any atom is -0.393 e. The lowest BCUT2D eigenvalue weighted by atomic mass is 10.1. The fourth-order valence-electron chi connectivity index (χ4n) is 2.40. The second-order valence-electron chi connectivity index (χ2n) is 5.49. The maximum absolute atomic E-state index is 12.3. The highest BCUT2D eigenvalue weighted by atomic mass is 32.2. The van der Waals surface area contributed by atoms with Crippen molar-refractivity contribution in [3.8, 4) is 0 Å². The molecular weight excluding hydrogens is 306 g/mol. The van der Waals surface area contributed by atoms with E-state index in [1.54, 1.807) is 24.3 Å². The lowest BCUT2D eigenvalue weighted by Crippen LogP contribution is -2.43. The summed E-state index contributed by atoms with van der Waals surface area (Å²) in [7, 11) is -1.41. The second kappa shape index (κ2) is 6.83. The maximum Gasteiger partial charge on any atom is 0.240 e. The predicted molar refractivity (Wildman–Crippen MR) is 87.8 cm³/mol. The maximum atomic E-state index is 12.3. The molecule has 1 heterocycles. The van der Waals surface area contributed by atoms with Gasteiger partial charge in [0.15, 0.2) is 0 Å². The number of benzene rings is 1. The van der Waals surface area contributed by atoms with E-state index in [0.29, 0.717) is 11.4 Å². The molecule has 1 aromatic carbocycles. The van der Waals surface area contributed by atoms with Crippen LogP contribution in [0.3, 0.4) is 0 Å². The first-order valence-corrected chi connectivity index (χ1v) is 8.84. The van der Waals surface area contributed by atoms with Crippen LogP contribution in [0, 0.1) is 0 Å². The smallest absolute Gasteiger partial charge is 0.240 e. The molecule has 1 fully saturated rings. The van der Waals surface area contributed by atoms with Gasteiger partial charge in [0.05, 0.1) is 9.88 Å². The number of nitrogens with zero attached hydrogens (tertiary/aromatic N) is 1. The van der Waals surface area contributed by atoms with Gasteiger partial charge >= 0.3 is 0 Å². The first-order valence-electron chi connectivity index (χ1n) is 6.95. The summed E-state index contributed by atoms with van der Waals surface area (Å²) in [5, 5.41) is 0. The zero-order valence-corrected chi connectivity index (χ0v) is 13.7. The first-order chi connectivity index (χ1) is 9.87. The third kappa shape index (κ3) is 4.74. The van der Waals surface area contributed by atoms with Gasteiger partial charge in [-0.05, 0) is 50.7 Å².